The van der Waals surface area contributed by atoms with Crippen LogP contribution >= 0.6 is 0 Å². The smallest absolute Gasteiger partial charge is 0.126 e. The molecule has 0 amide bonds. The zero-order chi connectivity index (χ0) is 13.4. The van der Waals surface area contributed by atoms with E-state index >= 15 is 0 Å². The Balaban J connectivity index is 2.19. The number of nitrogens with two attached hydrogens (primary N) is 1. The van der Waals surface area contributed by atoms with Crippen LogP contribution in [-0.4, -0.2) is 31.6 Å². The van der Waals surface area contributed by atoms with Gasteiger partial charge in [0.05, 0.1) is 13.2 Å². The van der Waals surface area contributed by atoms with Crippen LogP contribution in [0.1, 0.15) is 18.0 Å². The number of likely N-dealkylation sites (tertiary alicyclic amines) is 1. The van der Waals surface area contributed by atoms with E-state index in [1.807, 2.05) is 6.07 Å². The molecule has 0 radical (unpaired) electrons. The highest BCUT2D eigenvalue weighted by Crippen LogP contribution is 2.37. The summed E-state index contributed by atoms with van der Waals surface area (Å²) in [5.74, 6) is 0.925. The van der Waals surface area contributed by atoms with Gasteiger partial charge >= 0.3 is 0 Å². The second-order valence-electron chi connectivity index (χ2n) is 5.28. The second-order valence-corrected chi connectivity index (χ2v) is 5.28. The van der Waals surface area contributed by atoms with Crippen molar-refractivity contribution in [1.29, 1.82) is 0 Å². The summed E-state index contributed by atoms with van der Waals surface area (Å²) in [6, 6.07) is 13.1. The summed E-state index contributed by atoms with van der Waals surface area (Å²) in [7, 11) is 3.87. The van der Waals surface area contributed by atoms with Gasteiger partial charge in [0, 0.05) is 18.0 Å². The van der Waals surface area contributed by atoms with Gasteiger partial charge in [0.25, 0.3) is 0 Å². The summed E-state index contributed by atoms with van der Waals surface area (Å²) in [5, 5.41) is 2.41. The quantitative estimate of drug-likeness (QED) is 0.897. The maximum absolute atomic E-state index is 6.29. The van der Waals surface area contributed by atoms with Crippen LogP contribution in [0, 0.1) is 0 Å². The minimum atomic E-state index is 0.210. The summed E-state index contributed by atoms with van der Waals surface area (Å²) in [5.41, 5.74) is 7.60. The van der Waals surface area contributed by atoms with E-state index in [9.17, 15) is 0 Å². The van der Waals surface area contributed by atoms with Crippen molar-refractivity contribution in [3.05, 3.63) is 42.0 Å². The number of hydrogen-bond acceptors (Lipinski definition) is 3. The Labute approximate surface area is 114 Å². The summed E-state index contributed by atoms with van der Waals surface area (Å²) in [4.78, 5) is 2.35. The number of ether oxygens (including phenoxy) is 1. The van der Waals surface area contributed by atoms with Gasteiger partial charge < -0.3 is 10.5 Å². The Hall–Kier alpha value is -1.58. The molecule has 0 bridgehead atoms. The Kier molecular flexibility index (Phi) is 3.17. The predicted molar refractivity (Wildman–Crippen MR) is 78.5 cm³/mol. The molecule has 0 saturated carbocycles. The molecule has 2 unspecified atom stereocenters. The third kappa shape index (κ3) is 1.99. The first kappa shape index (κ1) is 12.5. The van der Waals surface area contributed by atoms with Gasteiger partial charge in [0.15, 0.2) is 0 Å². The highest BCUT2D eigenvalue weighted by molar-refractivity contribution is 5.91. The van der Waals surface area contributed by atoms with Crippen LogP contribution in [0.15, 0.2) is 36.4 Å². The Morgan fingerprint density at radius 3 is 2.53 bits per heavy atom. The first-order valence-corrected chi connectivity index (χ1v) is 6.74. The summed E-state index contributed by atoms with van der Waals surface area (Å²) >= 11 is 0. The first-order chi connectivity index (χ1) is 9.22. The molecule has 1 fully saturated rings. The normalized spacial score (nSPS) is 23.9. The predicted octanol–water partition coefficient (Wildman–Crippen LogP) is 2.55. The number of hydrogen-bond donors (Lipinski definition) is 1. The molecule has 2 N–H and O–H groups in total. The molecule has 3 heteroatoms. The van der Waals surface area contributed by atoms with E-state index < -0.39 is 0 Å². The van der Waals surface area contributed by atoms with E-state index in [4.69, 9.17) is 10.5 Å². The topological polar surface area (TPSA) is 38.5 Å². The van der Waals surface area contributed by atoms with Crippen LogP contribution in [0.4, 0.5) is 0 Å². The summed E-state index contributed by atoms with van der Waals surface area (Å²) in [6.45, 7) is 1.06. The fourth-order valence-corrected chi connectivity index (χ4v) is 3.18. The largest absolute Gasteiger partial charge is 0.496 e. The Morgan fingerprint density at radius 1 is 1.16 bits per heavy atom. The highest BCUT2D eigenvalue weighted by atomic mass is 16.5. The molecule has 1 aliphatic heterocycles. The molecule has 1 heterocycles. The number of likely N-dealkylation sites (N-methyl/N-ethyl adjacent to an activating group) is 1. The van der Waals surface area contributed by atoms with E-state index in [1.54, 1.807) is 7.11 Å². The molecular formula is C16H20N2O. The molecular weight excluding hydrogens is 236 g/mol. The maximum Gasteiger partial charge on any atom is 0.126 e. The van der Waals surface area contributed by atoms with Crippen molar-refractivity contribution < 1.29 is 4.74 Å². The first-order valence-electron chi connectivity index (χ1n) is 6.74. The lowest BCUT2D eigenvalue weighted by Gasteiger charge is -2.25. The molecule has 0 spiro atoms. The van der Waals surface area contributed by atoms with Crippen molar-refractivity contribution in [2.75, 3.05) is 20.7 Å². The van der Waals surface area contributed by atoms with E-state index in [2.05, 4.69) is 42.3 Å². The van der Waals surface area contributed by atoms with Crippen LogP contribution < -0.4 is 10.5 Å². The molecule has 100 valence electrons. The lowest BCUT2D eigenvalue weighted by atomic mass is 9.94. The van der Waals surface area contributed by atoms with Gasteiger partial charge in [0.2, 0.25) is 0 Å². The van der Waals surface area contributed by atoms with Gasteiger partial charge in [-0.05, 0) is 30.5 Å². The zero-order valence-electron chi connectivity index (χ0n) is 11.5. The van der Waals surface area contributed by atoms with Gasteiger partial charge in [-0.25, -0.2) is 0 Å². The van der Waals surface area contributed by atoms with E-state index in [1.165, 1.54) is 10.9 Å². The molecule has 19 heavy (non-hydrogen) atoms. The van der Waals surface area contributed by atoms with E-state index in [0.717, 1.165) is 24.1 Å². The summed E-state index contributed by atoms with van der Waals surface area (Å²) < 4.78 is 5.45. The fraction of sp³-hybridized carbons (Fsp3) is 0.375. The summed E-state index contributed by atoms with van der Waals surface area (Å²) in [6.07, 6.45) is 1.06. The maximum atomic E-state index is 6.29. The number of nitrogens with zero attached hydrogens (tertiary/aromatic N) is 1. The molecule has 0 aromatic heterocycles. The van der Waals surface area contributed by atoms with Crippen LogP contribution in [-0.2, 0) is 0 Å². The lowest BCUT2D eigenvalue weighted by molar-refractivity contribution is 0.305. The molecule has 1 saturated heterocycles. The monoisotopic (exact) mass is 256 g/mol. The van der Waals surface area contributed by atoms with Gasteiger partial charge in [0.1, 0.15) is 5.75 Å². The van der Waals surface area contributed by atoms with Gasteiger partial charge in [-0.15, -0.1) is 0 Å². The van der Waals surface area contributed by atoms with Crippen molar-refractivity contribution in [3.8, 4) is 5.75 Å². The molecule has 2 aromatic rings. The third-order valence-electron chi connectivity index (χ3n) is 4.15. The molecule has 0 aliphatic carbocycles. The number of benzene rings is 2. The molecule has 2 atom stereocenters. The minimum absolute atomic E-state index is 0.210. The highest BCUT2D eigenvalue weighted by Gasteiger charge is 2.31. The van der Waals surface area contributed by atoms with Crippen molar-refractivity contribution in [3.63, 3.8) is 0 Å². The number of rotatable bonds is 2. The van der Waals surface area contributed by atoms with Gasteiger partial charge in [-0.2, -0.15) is 0 Å². The molecule has 3 nitrogen and oxygen atoms in total. The average Bonchev–Trinajstić information content (AvgIpc) is 2.77. The standard InChI is InChI=1S/C16H20N2O/c1-18-10-9-14(17)16(18)13-7-8-15(19-2)12-6-4-3-5-11(12)13/h3-8,14,16H,9-10,17H2,1-2H3. The average molecular weight is 256 g/mol. The van der Waals surface area contributed by atoms with Crippen molar-refractivity contribution in [2.24, 2.45) is 5.73 Å². The number of methoxy groups -OCH3 is 1. The van der Waals surface area contributed by atoms with Gasteiger partial charge in [-0.1, -0.05) is 30.3 Å². The van der Waals surface area contributed by atoms with Crippen LogP contribution in [0.2, 0.25) is 0 Å². The van der Waals surface area contributed by atoms with Crippen LogP contribution in [0.25, 0.3) is 10.8 Å². The number of fused-ring (bicyclic) bond motifs is 1. The zero-order valence-corrected chi connectivity index (χ0v) is 11.5. The van der Waals surface area contributed by atoms with Gasteiger partial charge in [-0.3, -0.25) is 4.90 Å². The minimum Gasteiger partial charge on any atom is -0.496 e. The SMILES string of the molecule is COc1ccc(C2C(N)CCN2C)c2ccccc12. The van der Waals surface area contributed by atoms with Crippen LogP contribution in [0.5, 0.6) is 5.75 Å². The molecule has 3 rings (SSSR count). The fourth-order valence-electron chi connectivity index (χ4n) is 3.18. The van der Waals surface area contributed by atoms with Crippen molar-refractivity contribution >= 4 is 10.8 Å². The Morgan fingerprint density at radius 2 is 1.89 bits per heavy atom. The van der Waals surface area contributed by atoms with E-state index in [-0.39, 0.29) is 6.04 Å². The van der Waals surface area contributed by atoms with Crippen molar-refractivity contribution in [1.82, 2.24) is 4.90 Å². The van der Waals surface area contributed by atoms with Crippen LogP contribution in [0.3, 0.4) is 0 Å². The lowest BCUT2D eigenvalue weighted by Crippen LogP contribution is -2.29. The molecule has 2 aromatic carbocycles. The van der Waals surface area contributed by atoms with Crippen molar-refractivity contribution in [2.45, 2.75) is 18.5 Å². The third-order valence-corrected chi connectivity index (χ3v) is 4.15. The second kappa shape index (κ2) is 4.83. The Bertz CT molecular complexity index is 586. The van der Waals surface area contributed by atoms with E-state index in [0.29, 0.717) is 6.04 Å². The molecule has 1 aliphatic rings.